The quantitative estimate of drug-likeness (QED) is 0.339. The maximum Gasteiger partial charge on any atom is 0.269 e. The number of rotatable bonds is 6. The van der Waals surface area contributed by atoms with Crippen molar-refractivity contribution in [3.05, 3.63) is 34.4 Å². The fraction of sp³-hybridized carbons (Fsp3) is 0.500. The number of nitro benzene ring substituents is 1. The Morgan fingerprint density at radius 2 is 1.35 bits per heavy atom. The van der Waals surface area contributed by atoms with Gasteiger partial charge in [0.25, 0.3) is 5.69 Å². The van der Waals surface area contributed by atoms with Crippen LogP contribution in [0.4, 0.5) is 5.69 Å². The minimum Gasteiger partial charge on any atom is -0.373 e. The SMILES string of the molecule is C[Si](C)(C)OP(O[Si](C)(C)C)c1ccc([N+](=O)[O-])cc1. The van der Waals surface area contributed by atoms with E-state index >= 15 is 0 Å². The minimum atomic E-state index is -1.75. The van der Waals surface area contributed by atoms with Crippen molar-refractivity contribution in [2.45, 2.75) is 39.3 Å². The summed E-state index contributed by atoms with van der Waals surface area (Å²) >= 11 is 0. The summed E-state index contributed by atoms with van der Waals surface area (Å²) in [6.07, 6.45) is 0. The van der Waals surface area contributed by atoms with Crippen molar-refractivity contribution in [1.82, 2.24) is 0 Å². The first-order chi connectivity index (χ1) is 8.98. The largest absolute Gasteiger partial charge is 0.373 e. The maximum absolute atomic E-state index is 10.7. The Morgan fingerprint density at radius 1 is 0.950 bits per heavy atom. The predicted molar refractivity (Wildman–Crippen MR) is 88.5 cm³/mol. The standard InChI is InChI=1S/C12H22NO4PSi2/c1-19(2,3)16-18(17-20(4,5)6)12-9-7-11(8-10-12)13(14)15/h7-10H,1-6H3. The highest BCUT2D eigenvalue weighted by atomic mass is 31.2. The van der Waals surface area contributed by atoms with Crippen molar-refractivity contribution in [2.24, 2.45) is 0 Å². The molecule has 1 rings (SSSR count). The number of nitrogens with zero attached hydrogens (tertiary/aromatic N) is 1. The molecule has 0 aliphatic heterocycles. The lowest BCUT2D eigenvalue weighted by Crippen LogP contribution is -2.30. The molecule has 0 fully saturated rings. The van der Waals surface area contributed by atoms with E-state index in [1.165, 1.54) is 12.1 Å². The van der Waals surface area contributed by atoms with Gasteiger partial charge >= 0.3 is 0 Å². The van der Waals surface area contributed by atoms with E-state index in [2.05, 4.69) is 39.3 Å². The molecule has 112 valence electrons. The summed E-state index contributed by atoms with van der Waals surface area (Å²) in [5, 5.41) is 11.6. The van der Waals surface area contributed by atoms with Gasteiger partial charge in [-0.25, -0.2) is 0 Å². The smallest absolute Gasteiger partial charge is 0.269 e. The Hall–Kier alpha value is -0.596. The Bertz CT molecular complexity index is 452. The second kappa shape index (κ2) is 6.45. The van der Waals surface area contributed by atoms with Gasteiger partial charge in [-0.2, -0.15) is 0 Å². The molecule has 0 atom stereocenters. The molecule has 1 aromatic rings. The molecule has 0 aromatic heterocycles. The van der Waals surface area contributed by atoms with Gasteiger partial charge < -0.3 is 8.43 Å². The number of benzene rings is 1. The summed E-state index contributed by atoms with van der Waals surface area (Å²) in [6, 6.07) is 6.49. The van der Waals surface area contributed by atoms with Crippen LogP contribution in [0.1, 0.15) is 0 Å². The zero-order valence-corrected chi connectivity index (χ0v) is 15.7. The predicted octanol–water partition coefficient (Wildman–Crippen LogP) is 4.24. The summed E-state index contributed by atoms with van der Waals surface area (Å²) in [7, 11) is -4.65. The van der Waals surface area contributed by atoms with E-state index in [1.807, 2.05) is 0 Å². The van der Waals surface area contributed by atoms with Gasteiger partial charge in [-0.1, -0.05) is 0 Å². The third kappa shape index (κ3) is 6.24. The lowest BCUT2D eigenvalue weighted by molar-refractivity contribution is -0.384. The second-order valence-corrected chi connectivity index (χ2v) is 17.4. The molecule has 0 aliphatic carbocycles. The van der Waals surface area contributed by atoms with Gasteiger partial charge in [0.15, 0.2) is 25.0 Å². The monoisotopic (exact) mass is 331 g/mol. The summed E-state index contributed by atoms with van der Waals surface area (Å²) in [5.41, 5.74) is 0.0877. The van der Waals surface area contributed by atoms with Crippen LogP contribution in [0.25, 0.3) is 0 Å². The molecule has 0 aliphatic rings. The van der Waals surface area contributed by atoms with Crippen LogP contribution in [-0.4, -0.2) is 21.6 Å². The van der Waals surface area contributed by atoms with E-state index in [0.717, 1.165) is 5.30 Å². The molecule has 0 spiro atoms. The van der Waals surface area contributed by atoms with Crippen LogP contribution in [0.3, 0.4) is 0 Å². The van der Waals surface area contributed by atoms with Crippen molar-refractivity contribution < 1.29 is 13.3 Å². The summed E-state index contributed by atoms with van der Waals surface area (Å²) in [6.45, 7) is 12.7. The minimum absolute atomic E-state index is 0.0877. The first kappa shape index (κ1) is 17.5. The van der Waals surface area contributed by atoms with E-state index < -0.39 is 29.9 Å². The molecule has 8 heteroatoms. The van der Waals surface area contributed by atoms with Crippen molar-refractivity contribution in [3.8, 4) is 0 Å². The van der Waals surface area contributed by atoms with Crippen LogP contribution >= 0.6 is 8.38 Å². The van der Waals surface area contributed by atoms with E-state index in [9.17, 15) is 10.1 Å². The number of non-ortho nitro benzene ring substituents is 1. The molecule has 5 nitrogen and oxygen atoms in total. The summed E-state index contributed by atoms with van der Waals surface area (Å²) in [4.78, 5) is 10.3. The van der Waals surface area contributed by atoms with Crippen LogP contribution in [0.15, 0.2) is 24.3 Å². The summed E-state index contributed by atoms with van der Waals surface area (Å²) in [5.74, 6) is 0. The molecule has 0 bridgehead atoms. The van der Waals surface area contributed by atoms with Crippen LogP contribution < -0.4 is 5.30 Å². The molecule has 0 saturated heterocycles. The molecule has 0 amide bonds. The third-order valence-corrected chi connectivity index (χ3v) is 8.41. The lowest BCUT2D eigenvalue weighted by Gasteiger charge is -2.30. The van der Waals surface area contributed by atoms with Gasteiger partial charge in [-0.3, -0.25) is 10.1 Å². The summed E-state index contributed by atoms with van der Waals surface area (Å²) < 4.78 is 12.3. The average Bonchev–Trinajstić information content (AvgIpc) is 2.24. The van der Waals surface area contributed by atoms with Crippen molar-refractivity contribution >= 4 is 36.0 Å². The van der Waals surface area contributed by atoms with Crippen molar-refractivity contribution in [3.63, 3.8) is 0 Å². The molecule has 0 unspecified atom stereocenters. The average molecular weight is 331 g/mol. The lowest BCUT2D eigenvalue weighted by atomic mass is 10.3. The Labute approximate surface area is 123 Å². The molecule has 20 heavy (non-hydrogen) atoms. The highest BCUT2D eigenvalue weighted by Gasteiger charge is 2.29. The fourth-order valence-corrected chi connectivity index (χ4v) is 7.02. The fourth-order valence-electron chi connectivity index (χ4n) is 1.32. The van der Waals surface area contributed by atoms with E-state index in [4.69, 9.17) is 8.43 Å². The molecule has 0 saturated carbocycles. The van der Waals surface area contributed by atoms with E-state index in [0.29, 0.717) is 0 Å². The topological polar surface area (TPSA) is 61.6 Å². The van der Waals surface area contributed by atoms with Crippen molar-refractivity contribution in [2.75, 3.05) is 0 Å². The highest BCUT2D eigenvalue weighted by Crippen LogP contribution is 2.43. The second-order valence-electron chi connectivity index (χ2n) is 6.44. The van der Waals surface area contributed by atoms with Crippen LogP contribution in [0.2, 0.25) is 39.3 Å². The molecular formula is C12H22NO4PSi2. The van der Waals surface area contributed by atoms with Crippen LogP contribution in [-0.2, 0) is 8.43 Å². The molecular weight excluding hydrogens is 309 g/mol. The van der Waals surface area contributed by atoms with Gasteiger partial charge in [0.2, 0.25) is 0 Å². The third-order valence-electron chi connectivity index (χ3n) is 1.98. The van der Waals surface area contributed by atoms with Gasteiger partial charge in [-0.05, 0) is 51.4 Å². The van der Waals surface area contributed by atoms with Crippen LogP contribution in [0, 0.1) is 10.1 Å². The molecule has 0 N–H and O–H groups in total. The Balaban J connectivity index is 3.00. The van der Waals surface area contributed by atoms with Gasteiger partial charge in [0.05, 0.1) is 4.92 Å². The number of hydrogen-bond donors (Lipinski definition) is 0. The van der Waals surface area contributed by atoms with Gasteiger partial charge in [0.1, 0.15) is 0 Å². The molecule has 0 heterocycles. The Kier molecular flexibility index (Phi) is 5.63. The number of nitro groups is 1. The zero-order chi connectivity index (χ0) is 15.6. The van der Waals surface area contributed by atoms with Gasteiger partial charge in [-0.15, -0.1) is 0 Å². The Morgan fingerprint density at radius 3 is 1.65 bits per heavy atom. The first-order valence-corrected chi connectivity index (χ1v) is 14.4. The van der Waals surface area contributed by atoms with Crippen LogP contribution in [0.5, 0.6) is 0 Å². The molecule has 0 radical (unpaired) electrons. The van der Waals surface area contributed by atoms with E-state index in [-0.39, 0.29) is 5.69 Å². The van der Waals surface area contributed by atoms with Gasteiger partial charge in [0, 0.05) is 17.4 Å². The van der Waals surface area contributed by atoms with E-state index in [1.54, 1.807) is 12.1 Å². The first-order valence-electron chi connectivity index (χ1n) is 6.41. The zero-order valence-electron chi connectivity index (χ0n) is 12.8. The van der Waals surface area contributed by atoms with Crippen molar-refractivity contribution in [1.29, 1.82) is 0 Å². The maximum atomic E-state index is 10.7. The molecule has 1 aromatic carbocycles. The highest BCUT2D eigenvalue weighted by molar-refractivity contribution is 7.59. The number of hydrogen-bond acceptors (Lipinski definition) is 4. The normalized spacial score (nSPS) is 12.8.